The van der Waals surface area contributed by atoms with E-state index in [-0.39, 0.29) is 18.5 Å². The third kappa shape index (κ3) is 3.67. The van der Waals surface area contributed by atoms with Crippen LogP contribution in [0, 0.1) is 5.82 Å². The van der Waals surface area contributed by atoms with E-state index in [1.54, 1.807) is 12.1 Å². The van der Waals surface area contributed by atoms with Crippen molar-refractivity contribution in [3.8, 4) is 0 Å². The third-order valence-corrected chi connectivity index (χ3v) is 3.74. The molecule has 0 aromatic heterocycles. The van der Waals surface area contributed by atoms with Crippen molar-refractivity contribution in [3.63, 3.8) is 0 Å². The molecule has 0 saturated carbocycles. The molecule has 0 aliphatic carbocycles. The van der Waals surface area contributed by atoms with Gasteiger partial charge in [-0.1, -0.05) is 12.8 Å². The van der Waals surface area contributed by atoms with E-state index in [0.717, 1.165) is 37.1 Å². The van der Waals surface area contributed by atoms with Crippen molar-refractivity contribution in [2.75, 3.05) is 25.1 Å². The predicted molar refractivity (Wildman–Crippen MR) is 75.9 cm³/mol. The van der Waals surface area contributed by atoms with E-state index in [2.05, 4.69) is 10.2 Å². The number of aliphatic hydroxyl groups excluding tert-OH is 1. The molecule has 106 valence electrons. The van der Waals surface area contributed by atoms with Crippen molar-refractivity contribution in [2.45, 2.75) is 38.3 Å². The molecule has 1 aromatic rings. The molecule has 1 unspecified atom stereocenters. The fraction of sp³-hybridized carbons (Fsp3) is 0.600. The molecule has 2 N–H and O–H groups in total. The van der Waals surface area contributed by atoms with Crippen LogP contribution in [0.15, 0.2) is 18.2 Å². The van der Waals surface area contributed by atoms with Crippen LogP contribution in [0.2, 0.25) is 0 Å². The van der Waals surface area contributed by atoms with Gasteiger partial charge in [0.25, 0.3) is 0 Å². The van der Waals surface area contributed by atoms with E-state index in [1.807, 2.05) is 13.1 Å². The molecule has 0 radical (unpaired) electrons. The minimum atomic E-state index is -0.205. The van der Waals surface area contributed by atoms with Gasteiger partial charge in [-0.2, -0.15) is 0 Å². The van der Waals surface area contributed by atoms with Crippen LogP contribution in [-0.4, -0.2) is 31.3 Å². The average molecular weight is 266 g/mol. The zero-order valence-corrected chi connectivity index (χ0v) is 11.5. The summed E-state index contributed by atoms with van der Waals surface area (Å²) in [5.41, 5.74) is 1.84. The zero-order chi connectivity index (χ0) is 13.7. The maximum absolute atomic E-state index is 13.7. The maximum atomic E-state index is 13.7. The van der Waals surface area contributed by atoms with Crippen molar-refractivity contribution < 1.29 is 9.50 Å². The Morgan fingerprint density at radius 2 is 2.16 bits per heavy atom. The second kappa shape index (κ2) is 6.87. The Balaban J connectivity index is 2.26. The number of halogens is 1. The Morgan fingerprint density at radius 1 is 1.32 bits per heavy atom. The van der Waals surface area contributed by atoms with Gasteiger partial charge in [-0.05, 0) is 43.7 Å². The Labute approximate surface area is 114 Å². The molecule has 3 nitrogen and oxygen atoms in total. The smallest absolute Gasteiger partial charge is 0.125 e. The molecule has 4 heteroatoms. The minimum absolute atomic E-state index is 0.117. The van der Waals surface area contributed by atoms with Crippen LogP contribution in [0.4, 0.5) is 10.1 Å². The number of nitrogens with one attached hydrogen (secondary N) is 1. The summed E-state index contributed by atoms with van der Waals surface area (Å²) in [5, 5.41) is 12.6. The van der Waals surface area contributed by atoms with E-state index in [0.29, 0.717) is 6.54 Å². The number of benzene rings is 1. The molecule has 1 fully saturated rings. The van der Waals surface area contributed by atoms with E-state index in [9.17, 15) is 9.50 Å². The lowest BCUT2D eigenvalue weighted by Gasteiger charge is -2.31. The quantitative estimate of drug-likeness (QED) is 0.877. The van der Waals surface area contributed by atoms with Crippen molar-refractivity contribution in [2.24, 2.45) is 0 Å². The molecule has 1 atom stereocenters. The average Bonchev–Trinajstić information content (AvgIpc) is 2.63. The lowest BCUT2D eigenvalue weighted by atomic mass is 10.1. The first-order valence-electron chi connectivity index (χ1n) is 7.06. The number of aliphatic hydroxyl groups is 1. The van der Waals surface area contributed by atoms with Gasteiger partial charge < -0.3 is 15.3 Å². The molecule has 2 rings (SSSR count). The van der Waals surface area contributed by atoms with Crippen LogP contribution in [-0.2, 0) is 6.54 Å². The fourth-order valence-corrected chi connectivity index (χ4v) is 2.81. The van der Waals surface area contributed by atoms with Crippen molar-refractivity contribution in [3.05, 3.63) is 29.6 Å². The summed E-state index contributed by atoms with van der Waals surface area (Å²) in [6, 6.07) is 5.28. The Morgan fingerprint density at radius 3 is 2.89 bits per heavy atom. The van der Waals surface area contributed by atoms with Crippen molar-refractivity contribution in [1.29, 1.82) is 0 Å². The number of hydrogen-bond donors (Lipinski definition) is 2. The van der Waals surface area contributed by atoms with E-state index in [1.165, 1.54) is 6.42 Å². The van der Waals surface area contributed by atoms with Gasteiger partial charge in [-0.3, -0.25) is 0 Å². The Kier molecular flexibility index (Phi) is 5.16. The molecule has 19 heavy (non-hydrogen) atoms. The largest absolute Gasteiger partial charge is 0.394 e. The first-order valence-corrected chi connectivity index (χ1v) is 7.06. The summed E-state index contributed by atoms with van der Waals surface area (Å²) >= 11 is 0. The van der Waals surface area contributed by atoms with Gasteiger partial charge in [0.2, 0.25) is 0 Å². The summed E-state index contributed by atoms with van der Waals surface area (Å²) in [4.78, 5) is 2.16. The first kappa shape index (κ1) is 14.3. The molecule has 1 aromatic carbocycles. The second-order valence-corrected chi connectivity index (χ2v) is 5.23. The maximum Gasteiger partial charge on any atom is 0.125 e. The van der Waals surface area contributed by atoms with E-state index < -0.39 is 0 Å². The molecule has 0 bridgehead atoms. The lowest BCUT2D eigenvalue weighted by Crippen LogP contribution is -2.37. The standard InChI is InChI=1S/C15H23FN2O/c1-17-10-12-7-13(16)9-15(8-12)18-6-4-2-3-5-14(18)11-19/h7-9,14,17,19H,2-6,10-11H2,1H3. The fourth-order valence-electron chi connectivity index (χ4n) is 2.81. The van der Waals surface area contributed by atoms with Gasteiger partial charge in [-0.25, -0.2) is 4.39 Å². The van der Waals surface area contributed by atoms with Crippen LogP contribution in [0.3, 0.4) is 0 Å². The van der Waals surface area contributed by atoms with Gasteiger partial charge in [0.15, 0.2) is 0 Å². The molecule has 1 heterocycles. The predicted octanol–water partition coefficient (Wildman–Crippen LogP) is 2.29. The third-order valence-electron chi connectivity index (χ3n) is 3.74. The summed E-state index contributed by atoms with van der Waals surface area (Å²) in [6.07, 6.45) is 4.41. The normalized spacial score (nSPS) is 20.4. The van der Waals surface area contributed by atoms with Gasteiger partial charge >= 0.3 is 0 Å². The molecule has 1 saturated heterocycles. The number of rotatable bonds is 4. The molecule has 1 aliphatic heterocycles. The van der Waals surface area contributed by atoms with Crippen molar-refractivity contribution >= 4 is 5.69 Å². The molecule has 0 amide bonds. The highest BCUT2D eigenvalue weighted by atomic mass is 19.1. The highest BCUT2D eigenvalue weighted by Crippen LogP contribution is 2.26. The summed E-state index contributed by atoms with van der Waals surface area (Å²) in [5.74, 6) is -0.205. The highest BCUT2D eigenvalue weighted by molar-refractivity contribution is 5.50. The second-order valence-electron chi connectivity index (χ2n) is 5.23. The molecule has 0 spiro atoms. The summed E-state index contributed by atoms with van der Waals surface area (Å²) in [7, 11) is 1.85. The zero-order valence-electron chi connectivity index (χ0n) is 11.5. The number of nitrogens with zero attached hydrogens (tertiary/aromatic N) is 1. The van der Waals surface area contributed by atoms with Crippen molar-refractivity contribution in [1.82, 2.24) is 5.32 Å². The Bertz CT molecular complexity index is 411. The Hall–Kier alpha value is -1.13. The van der Waals surface area contributed by atoms with E-state index in [4.69, 9.17) is 0 Å². The van der Waals surface area contributed by atoms with Crippen LogP contribution in [0.1, 0.15) is 31.2 Å². The van der Waals surface area contributed by atoms with Crippen LogP contribution >= 0.6 is 0 Å². The van der Waals surface area contributed by atoms with Gasteiger partial charge in [0, 0.05) is 18.8 Å². The van der Waals surface area contributed by atoms with Gasteiger partial charge in [0.05, 0.1) is 12.6 Å². The summed E-state index contributed by atoms with van der Waals surface area (Å²) in [6.45, 7) is 1.69. The number of hydrogen-bond acceptors (Lipinski definition) is 3. The van der Waals surface area contributed by atoms with Gasteiger partial charge in [0.1, 0.15) is 5.82 Å². The van der Waals surface area contributed by atoms with E-state index >= 15 is 0 Å². The lowest BCUT2D eigenvalue weighted by molar-refractivity contribution is 0.255. The van der Waals surface area contributed by atoms with Crippen LogP contribution in [0.5, 0.6) is 0 Å². The SMILES string of the molecule is CNCc1cc(F)cc(N2CCCCCC2CO)c1. The van der Waals surface area contributed by atoms with Crippen LogP contribution < -0.4 is 10.2 Å². The molecule has 1 aliphatic rings. The topological polar surface area (TPSA) is 35.5 Å². The molecular formula is C15H23FN2O. The van der Waals surface area contributed by atoms with Crippen LogP contribution in [0.25, 0.3) is 0 Å². The minimum Gasteiger partial charge on any atom is -0.394 e. The first-order chi connectivity index (χ1) is 9.24. The number of anilines is 1. The van der Waals surface area contributed by atoms with Gasteiger partial charge in [-0.15, -0.1) is 0 Å². The monoisotopic (exact) mass is 266 g/mol. The molecular weight excluding hydrogens is 243 g/mol. The highest BCUT2D eigenvalue weighted by Gasteiger charge is 2.21. The summed E-state index contributed by atoms with van der Waals surface area (Å²) < 4.78 is 13.7.